The minimum Gasteiger partial charge on any atom is -0.388 e. The van der Waals surface area contributed by atoms with Gasteiger partial charge < -0.3 is 10.0 Å². The summed E-state index contributed by atoms with van der Waals surface area (Å²) in [6.45, 7) is 0.922. The van der Waals surface area contributed by atoms with Gasteiger partial charge >= 0.3 is 0 Å². The van der Waals surface area contributed by atoms with Gasteiger partial charge in [0.15, 0.2) is 0 Å². The van der Waals surface area contributed by atoms with Crippen LogP contribution in [0.1, 0.15) is 42.9 Å². The van der Waals surface area contributed by atoms with Crippen molar-refractivity contribution in [1.82, 2.24) is 10.4 Å². The van der Waals surface area contributed by atoms with Gasteiger partial charge in [-0.25, -0.2) is 5.48 Å². The molecule has 2 rings (SSSR count). The lowest BCUT2D eigenvalue weighted by molar-refractivity contribution is -0.129. The molecule has 0 aliphatic rings. The number of amides is 1. The predicted octanol–water partition coefficient (Wildman–Crippen LogP) is 3.51. The van der Waals surface area contributed by atoms with Crippen LogP contribution in [0.3, 0.4) is 0 Å². The summed E-state index contributed by atoms with van der Waals surface area (Å²) >= 11 is 0. The summed E-state index contributed by atoms with van der Waals surface area (Å²) in [7, 11) is 4.11. The van der Waals surface area contributed by atoms with E-state index in [4.69, 9.17) is 5.21 Å². The maximum atomic E-state index is 10.9. The van der Waals surface area contributed by atoms with Crippen molar-refractivity contribution in [2.75, 3.05) is 14.1 Å². The molecule has 5 heteroatoms. The fourth-order valence-electron chi connectivity index (χ4n) is 2.91. The van der Waals surface area contributed by atoms with Gasteiger partial charge in [-0.3, -0.25) is 10.0 Å². The van der Waals surface area contributed by atoms with Gasteiger partial charge in [0, 0.05) is 13.0 Å². The van der Waals surface area contributed by atoms with Crippen LogP contribution in [0, 0.1) is 0 Å². The van der Waals surface area contributed by atoms with E-state index in [-0.39, 0.29) is 12.3 Å². The van der Waals surface area contributed by atoms with E-state index < -0.39 is 6.10 Å². The Kier molecular flexibility index (Phi) is 7.78. The lowest BCUT2D eigenvalue weighted by Crippen LogP contribution is -2.17. The topological polar surface area (TPSA) is 72.8 Å². The largest absolute Gasteiger partial charge is 0.388 e. The molecule has 1 unspecified atom stereocenters. The highest BCUT2D eigenvalue weighted by Gasteiger charge is 2.08. The van der Waals surface area contributed by atoms with Crippen molar-refractivity contribution >= 4 is 5.91 Å². The van der Waals surface area contributed by atoms with Gasteiger partial charge in [-0.05, 0) is 49.2 Å². The molecule has 0 radical (unpaired) electrons. The quantitative estimate of drug-likeness (QED) is 0.365. The summed E-state index contributed by atoms with van der Waals surface area (Å²) in [6, 6.07) is 16.5. The molecule has 3 N–H and O–H groups in total. The number of aliphatic hydroxyl groups is 1. The van der Waals surface area contributed by atoms with Crippen molar-refractivity contribution in [2.45, 2.75) is 38.3 Å². The van der Waals surface area contributed by atoms with Gasteiger partial charge in [0.2, 0.25) is 5.91 Å². The Hall–Kier alpha value is -2.21. The molecule has 1 amide bonds. The van der Waals surface area contributed by atoms with Crippen LogP contribution >= 0.6 is 0 Å². The molecule has 0 saturated heterocycles. The first-order valence-corrected chi connectivity index (χ1v) is 8.94. The molecule has 0 saturated carbocycles. The summed E-state index contributed by atoms with van der Waals surface area (Å²) in [5.41, 5.74) is 6.05. The molecule has 0 aliphatic heterocycles. The van der Waals surface area contributed by atoms with Crippen molar-refractivity contribution in [3.05, 3.63) is 59.7 Å². The van der Waals surface area contributed by atoms with Crippen LogP contribution in [-0.2, 0) is 11.3 Å². The highest BCUT2D eigenvalue weighted by atomic mass is 16.5. The first-order valence-electron chi connectivity index (χ1n) is 8.94. The van der Waals surface area contributed by atoms with Crippen LogP contribution in [0.5, 0.6) is 0 Å². The minimum atomic E-state index is -0.538. The van der Waals surface area contributed by atoms with Crippen LogP contribution in [0.15, 0.2) is 48.5 Å². The molecule has 140 valence electrons. The standard InChI is InChI=1S/C21H28N2O3/c1-23(2)15-16-7-9-17(10-8-16)18-11-13-19(14-12-18)20(24)5-3-4-6-21(25)22-26/h7-14,20,24,26H,3-6,15H2,1-2H3,(H,22,25). The van der Waals surface area contributed by atoms with E-state index >= 15 is 0 Å². The van der Waals surface area contributed by atoms with Crippen molar-refractivity contribution in [3.63, 3.8) is 0 Å². The van der Waals surface area contributed by atoms with E-state index in [1.54, 1.807) is 5.48 Å². The highest BCUT2D eigenvalue weighted by Crippen LogP contribution is 2.25. The molecule has 0 aliphatic carbocycles. The predicted molar refractivity (Wildman–Crippen MR) is 103 cm³/mol. The van der Waals surface area contributed by atoms with Gasteiger partial charge in [-0.2, -0.15) is 0 Å². The Morgan fingerprint density at radius 2 is 1.58 bits per heavy atom. The molecule has 2 aromatic rings. The van der Waals surface area contributed by atoms with E-state index in [1.165, 1.54) is 5.56 Å². The normalized spacial score (nSPS) is 12.2. The third-order valence-corrected chi connectivity index (χ3v) is 4.34. The average molecular weight is 356 g/mol. The van der Waals surface area contributed by atoms with E-state index in [9.17, 15) is 9.90 Å². The Bertz CT molecular complexity index is 681. The van der Waals surface area contributed by atoms with Crippen molar-refractivity contribution in [3.8, 4) is 11.1 Å². The number of unbranched alkanes of at least 4 members (excludes halogenated alkanes) is 1. The molecule has 5 nitrogen and oxygen atoms in total. The molecule has 0 spiro atoms. The van der Waals surface area contributed by atoms with Crippen molar-refractivity contribution in [2.24, 2.45) is 0 Å². The van der Waals surface area contributed by atoms with Crippen LogP contribution in [-0.4, -0.2) is 35.2 Å². The van der Waals surface area contributed by atoms with Crippen LogP contribution in [0.4, 0.5) is 0 Å². The molecular formula is C21H28N2O3. The smallest absolute Gasteiger partial charge is 0.243 e. The van der Waals surface area contributed by atoms with Gasteiger partial charge in [0.1, 0.15) is 0 Å². The summed E-state index contributed by atoms with van der Waals surface area (Å²) < 4.78 is 0. The van der Waals surface area contributed by atoms with Gasteiger partial charge in [-0.15, -0.1) is 0 Å². The molecule has 1 atom stereocenters. The molecule has 0 fully saturated rings. The third-order valence-electron chi connectivity index (χ3n) is 4.34. The fraction of sp³-hybridized carbons (Fsp3) is 0.381. The molecular weight excluding hydrogens is 328 g/mol. The monoisotopic (exact) mass is 356 g/mol. The number of aliphatic hydroxyl groups excluding tert-OH is 1. The zero-order valence-corrected chi connectivity index (χ0v) is 15.5. The maximum absolute atomic E-state index is 10.9. The fourth-order valence-corrected chi connectivity index (χ4v) is 2.91. The maximum Gasteiger partial charge on any atom is 0.243 e. The zero-order valence-electron chi connectivity index (χ0n) is 15.5. The van der Waals surface area contributed by atoms with E-state index in [2.05, 4.69) is 43.3 Å². The molecule has 0 aromatic heterocycles. The number of benzene rings is 2. The lowest BCUT2D eigenvalue weighted by Gasteiger charge is -2.12. The second-order valence-corrected chi connectivity index (χ2v) is 6.85. The van der Waals surface area contributed by atoms with Gasteiger partial charge in [-0.1, -0.05) is 55.0 Å². The molecule has 0 bridgehead atoms. The number of carbonyl (C=O) groups excluding carboxylic acids is 1. The molecule has 26 heavy (non-hydrogen) atoms. The summed E-state index contributed by atoms with van der Waals surface area (Å²) in [5.74, 6) is -0.388. The number of nitrogens with zero attached hydrogens (tertiary/aromatic N) is 1. The van der Waals surface area contributed by atoms with Crippen molar-refractivity contribution in [1.29, 1.82) is 0 Å². The van der Waals surface area contributed by atoms with Crippen LogP contribution in [0.2, 0.25) is 0 Å². The molecule has 0 heterocycles. The van der Waals surface area contributed by atoms with Crippen LogP contribution < -0.4 is 5.48 Å². The van der Waals surface area contributed by atoms with Crippen LogP contribution in [0.25, 0.3) is 11.1 Å². The Balaban J connectivity index is 1.89. The molecule has 2 aromatic carbocycles. The van der Waals surface area contributed by atoms with E-state index in [0.29, 0.717) is 12.8 Å². The number of nitrogens with one attached hydrogen (secondary N) is 1. The lowest BCUT2D eigenvalue weighted by atomic mass is 9.98. The number of hydrogen-bond donors (Lipinski definition) is 3. The van der Waals surface area contributed by atoms with Gasteiger partial charge in [0.25, 0.3) is 0 Å². The minimum absolute atomic E-state index is 0.270. The van der Waals surface area contributed by atoms with E-state index in [1.807, 2.05) is 24.3 Å². The number of hydroxylamine groups is 1. The first-order chi connectivity index (χ1) is 12.5. The second-order valence-electron chi connectivity index (χ2n) is 6.85. The second kappa shape index (κ2) is 10.1. The highest BCUT2D eigenvalue weighted by molar-refractivity contribution is 5.74. The average Bonchev–Trinajstić information content (AvgIpc) is 2.65. The Labute approximate surface area is 155 Å². The summed E-state index contributed by atoms with van der Waals surface area (Å²) in [4.78, 5) is 13.1. The summed E-state index contributed by atoms with van der Waals surface area (Å²) in [5, 5.41) is 18.7. The third kappa shape index (κ3) is 6.26. The number of rotatable bonds is 9. The Morgan fingerprint density at radius 3 is 2.12 bits per heavy atom. The summed E-state index contributed by atoms with van der Waals surface area (Å²) in [6.07, 6.45) is 1.69. The van der Waals surface area contributed by atoms with E-state index in [0.717, 1.165) is 29.7 Å². The number of hydrogen-bond acceptors (Lipinski definition) is 4. The SMILES string of the molecule is CN(C)Cc1ccc(-c2ccc(C(O)CCCCC(=O)NO)cc2)cc1. The first kappa shape index (κ1) is 20.1. The van der Waals surface area contributed by atoms with Gasteiger partial charge in [0.05, 0.1) is 6.10 Å². The van der Waals surface area contributed by atoms with Crippen molar-refractivity contribution < 1.29 is 15.1 Å². The zero-order chi connectivity index (χ0) is 18.9. The Morgan fingerprint density at radius 1 is 1.00 bits per heavy atom. The number of carbonyl (C=O) groups is 1.